The quantitative estimate of drug-likeness (QED) is 0.114. The van der Waals surface area contributed by atoms with Crippen LogP contribution in [0.4, 0.5) is 28.4 Å². The van der Waals surface area contributed by atoms with Gasteiger partial charge in [0.15, 0.2) is 0 Å². The lowest BCUT2D eigenvalue weighted by Gasteiger charge is -2.10. The number of azo groups is 2. The largest absolute Gasteiger partial charge is 0.494 e. The molecule has 4 aromatic carbocycles. The fourth-order valence-electron chi connectivity index (χ4n) is 4.02. The Hall–Kier alpha value is -4.53. The first-order chi connectivity index (χ1) is 20.2. The second-order valence-electron chi connectivity index (χ2n) is 9.67. The topological polar surface area (TPSA) is 190 Å². The molecule has 0 saturated carbocycles. The highest BCUT2D eigenvalue weighted by Crippen LogP contribution is 2.34. The molecule has 14 heteroatoms. The van der Waals surface area contributed by atoms with E-state index in [0.717, 1.165) is 40.0 Å². The van der Waals surface area contributed by atoms with Crippen molar-refractivity contribution in [2.75, 3.05) is 12.3 Å². The average molecular weight is 626 g/mol. The van der Waals surface area contributed by atoms with Crippen LogP contribution >= 0.6 is 0 Å². The lowest BCUT2D eigenvalue weighted by atomic mass is 10.1. The maximum absolute atomic E-state index is 12.1. The summed E-state index contributed by atoms with van der Waals surface area (Å²) in [6, 6.07) is 15.6. The average Bonchev–Trinajstić information content (AvgIpc) is 2.92. The van der Waals surface area contributed by atoms with E-state index in [-0.39, 0.29) is 4.90 Å². The van der Waals surface area contributed by atoms with Gasteiger partial charge in [-0.1, -0.05) is 13.0 Å². The normalized spacial score (nSPS) is 11.6. The van der Waals surface area contributed by atoms with Gasteiger partial charge in [0.25, 0.3) is 10.1 Å². The van der Waals surface area contributed by atoms with Crippen LogP contribution in [0.25, 0.3) is 10.8 Å². The van der Waals surface area contributed by atoms with E-state index in [9.17, 15) is 13.0 Å². The molecule has 0 atom stereocenters. The van der Waals surface area contributed by atoms with Gasteiger partial charge in [-0.25, -0.2) is 0 Å². The Bertz CT molecular complexity index is 1950. The van der Waals surface area contributed by atoms with E-state index in [2.05, 4.69) is 20.5 Å². The molecule has 0 spiro atoms. The molecule has 0 aliphatic heterocycles. The highest BCUT2D eigenvalue weighted by atomic mass is 32.2. The first kappa shape index (κ1) is 33.0. The molecule has 4 rings (SSSR count). The molecule has 0 unspecified atom stereocenters. The zero-order valence-electron chi connectivity index (χ0n) is 24.2. The Morgan fingerprint density at radius 2 is 1.28 bits per heavy atom. The molecule has 0 amide bonds. The maximum atomic E-state index is 12.1. The van der Waals surface area contributed by atoms with Crippen molar-refractivity contribution < 1.29 is 30.3 Å². The number of nitrogen functional groups attached to an aromatic ring is 1. The van der Waals surface area contributed by atoms with Crippen LogP contribution in [0.15, 0.2) is 79.9 Å². The third kappa shape index (κ3) is 8.98. The van der Waals surface area contributed by atoms with Gasteiger partial charge in [-0.05, 0) is 104 Å². The molecule has 0 saturated heterocycles. The fourth-order valence-corrected chi connectivity index (χ4v) is 4.74. The Labute approximate surface area is 251 Å². The van der Waals surface area contributed by atoms with Crippen LogP contribution in [0.3, 0.4) is 0 Å². The molecule has 12 nitrogen and oxygen atoms in total. The van der Waals surface area contributed by atoms with E-state index in [4.69, 9.17) is 23.1 Å². The smallest absolute Gasteiger partial charge is 0.425 e. The number of fused-ring (bicyclic) bond motifs is 1. The molecule has 0 radical (unpaired) electrons. The summed E-state index contributed by atoms with van der Waals surface area (Å²) in [5.41, 5.74) is 12.8. The summed E-state index contributed by atoms with van der Waals surface area (Å²) in [7, 11) is -7.60. The number of hydrogen-bond acceptors (Lipinski definition) is 11. The van der Waals surface area contributed by atoms with Crippen LogP contribution in [0.2, 0.25) is 0 Å². The minimum atomic E-state index is -4.49. The zero-order chi connectivity index (χ0) is 31.9. The highest BCUT2D eigenvalue weighted by Gasteiger charge is 2.17. The second kappa shape index (κ2) is 14.1. The van der Waals surface area contributed by atoms with E-state index in [1.807, 2.05) is 58.9 Å². The van der Waals surface area contributed by atoms with Crippen molar-refractivity contribution in [3.8, 4) is 5.75 Å². The van der Waals surface area contributed by atoms with Crippen LogP contribution in [0, 0.1) is 27.7 Å². The molecule has 0 aliphatic carbocycles. The van der Waals surface area contributed by atoms with E-state index < -0.39 is 20.7 Å². The van der Waals surface area contributed by atoms with Gasteiger partial charge >= 0.3 is 10.6 Å². The van der Waals surface area contributed by atoms with Crippen molar-refractivity contribution >= 4 is 59.9 Å². The number of rotatable bonds is 8. The van der Waals surface area contributed by atoms with Gasteiger partial charge in [-0.15, -0.1) is 12.6 Å². The third-order valence-electron chi connectivity index (χ3n) is 6.26. The molecular formula is C29H31N5O7S2. The summed E-state index contributed by atoms with van der Waals surface area (Å²) < 4.78 is 64.9. The van der Waals surface area contributed by atoms with Crippen LogP contribution in [0.1, 0.15) is 35.6 Å². The number of nitrogens with two attached hydrogens (primary N) is 1. The molecule has 43 heavy (non-hydrogen) atoms. The van der Waals surface area contributed by atoms with Gasteiger partial charge in [0.2, 0.25) is 0 Å². The Morgan fingerprint density at radius 3 is 1.81 bits per heavy atom. The molecule has 4 aromatic rings. The molecule has 0 aliphatic rings. The number of ether oxygens (including phenoxy) is 1. The zero-order valence-corrected chi connectivity index (χ0v) is 25.8. The van der Waals surface area contributed by atoms with Crippen molar-refractivity contribution in [3.05, 3.63) is 76.9 Å². The van der Waals surface area contributed by atoms with Crippen molar-refractivity contribution in [3.63, 3.8) is 0 Å². The highest BCUT2D eigenvalue weighted by molar-refractivity contribution is 7.86. The summed E-state index contributed by atoms with van der Waals surface area (Å²) in [5.74, 6) is 0.372. The first-order valence-electron chi connectivity index (χ1n) is 13.0. The third-order valence-corrected chi connectivity index (χ3v) is 7.16. The molecular weight excluding hydrogens is 594 g/mol. The Morgan fingerprint density at radius 1 is 0.767 bits per heavy atom. The maximum Gasteiger partial charge on any atom is 0.425 e. The Kier molecular flexibility index (Phi) is 10.8. The number of anilines is 1. The molecule has 226 valence electrons. The number of aryl methyl sites for hydroxylation is 4. The summed E-state index contributed by atoms with van der Waals surface area (Å²) in [4.78, 5) is -0.239. The van der Waals surface area contributed by atoms with Crippen molar-refractivity contribution in [1.82, 2.24) is 0 Å². The van der Waals surface area contributed by atoms with Crippen LogP contribution in [-0.2, 0) is 20.7 Å². The first-order valence-corrected chi connectivity index (χ1v) is 15.4. The Balaban J connectivity index is 0.00000119. The van der Waals surface area contributed by atoms with E-state index in [0.29, 0.717) is 40.2 Å². The standard InChI is InChI=1S/C29H31N5O4S.O3S/c1-6-9-38-23-14-21-7-8-22(15-24(21)29(16-23)39(35,36)37)31-32-27-12-20(5)28(13-19(27)4)34-33-26-11-17(2)25(30)10-18(26)3;1-4(2)3/h7-8,10-16H,6,9,30H2,1-5H3,(H,35,36,37);. The fraction of sp³-hybridized carbons (Fsp3) is 0.241. The minimum Gasteiger partial charge on any atom is -0.494 e. The van der Waals surface area contributed by atoms with Crippen molar-refractivity contribution in [2.24, 2.45) is 20.5 Å². The second-order valence-corrected chi connectivity index (χ2v) is 11.5. The van der Waals surface area contributed by atoms with Gasteiger partial charge in [0, 0.05) is 17.1 Å². The molecule has 3 N–H and O–H groups in total. The van der Waals surface area contributed by atoms with E-state index in [1.54, 1.807) is 24.3 Å². The minimum absolute atomic E-state index is 0.239. The molecule has 0 fully saturated rings. The van der Waals surface area contributed by atoms with Crippen LogP contribution < -0.4 is 10.5 Å². The van der Waals surface area contributed by atoms with Gasteiger partial charge < -0.3 is 10.5 Å². The van der Waals surface area contributed by atoms with E-state index >= 15 is 0 Å². The summed E-state index contributed by atoms with van der Waals surface area (Å²) in [6.07, 6.45) is 0.767. The van der Waals surface area contributed by atoms with Gasteiger partial charge in [-0.3, -0.25) is 4.55 Å². The predicted molar refractivity (Wildman–Crippen MR) is 164 cm³/mol. The van der Waals surface area contributed by atoms with Crippen LogP contribution in [0.5, 0.6) is 5.75 Å². The van der Waals surface area contributed by atoms with Gasteiger partial charge in [0.05, 0.1) is 29.4 Å². The predicted octanol–water partition coefficient (Wildman–Crippen LogP) is 7.52. The van der Waals surface area contributed by atoms with Crippen LogP contribution in [-0.4, -0.2) is 32.2 Å². The summed E-state index contributed by atoms with van der Waals surface area (Å²) in [5, 5.41) is 18.5. The lowest BCUT2D eigenvalue weighted by Crippen LogP contribution is -2.02. The van der Waals surface area contributed by atoms with Crippen molar-refractivity contribution in [2.45, 2.75) is 45.9 Å². The molecule has 0 bridgehead atoms. The lowest BCUT2D eigenvalue weighted by molar-refractivity contribution is 0.317. The SMILES string of the molecule is CCCOc1cc(S(=O)(=O)O)c2cc(N=Nc3cc(C)c(N=Nc4cc(C)c(N)cc4C)cc3C)ccc2c1.O=S(=O)=O. The van der Waals surface area contributed by atoms with Gasteiger partial charge in [-0.2, -0.15) is 28.9 Å². The van der Waals surface area contributed by atoms with Crippen molar-refractivity contribution in [1.29, 1.82) is 0 Å². The number of hydrogen-bond donors (Lipinski definition) is 2. The molecule has 0 heterocycles. The van der Waals surface area contributed by atoms with Gasteiger partial charge in [0.1, 0.15) is 10.6 Å². The summed E-state index contributed by atoms with van der Waals surface area (Å²) in [6.45, 7) is 10.1. The summed E-state index contributed by atoms with van der Waals surface area (Å²) >= 11 is 0. The number of nitrogens with zero attached hydrogens (tertiary/aromatic N) is 4. The molecule has 0 aromatic heterocycles. The number of benzene rings is 4. The van der Waals surface area contributed by atoms with E-state index in [1.165, 1.54) is 6.07 Å². The monoisotopic (exact) mass is 625 g/mol.